The molecule has 0 spiro atoms. The SMILES string of the molecule is CNS(=O)(=O)c1ccc2c(c1)C(=Cc1ccc(OCc3ccccc3)cc1)C(=O)N2. The Morgan fingerprint density at radius 1 is 1.00 bits per heavy atom. The topological polar surface area (TPSA) is 84.5 Å². The van der Waals surface area contributed by atoms with Crippen LogP contribution in [0.15, 0.2) is 77.7 Å². The summed E-state index contributed by atoms with van der Waals surface area (Å²) < 4.78 is 32.3. The van der Waals surface area contributed by atoms with Crippen molar-refractivity contribution in [3.8, 4) is 5.75 Å². The maximum absolute atomic E-state index is 12.4. The number of rotatable bonds is 6. The van der Waals surface area contributed by atoms with Crippen molar-refractivity contribution < 1.29 is 17.9 Å². The lowest BCUT2D eigenvalue weighted by Gasteiger charge is -2.07. The Morgan fingerprint density at radius 3 is 2.43 bits per heavy atom. The van der Waals surface area contributed by atoms with Crippen molar-refractivity contribution in [2.45, 2.75) is 11.5 Å². The summed E-state index contributed by atoms with van der Waals surface area (Å²) >= 11 is 0. The van der Waals surface area contributed by atoms with Crippen LogP contribution in [0.4, 0.5) is 5.69 Å². The maximum atomic E-state index is 12.4. The number of amides is 1. The lowest BCUT2D eigenvalue weighted by Crippen LogP contribution is -2.18. The van der Waals surface area contributed by atoms with E-state index >= 15 is 0 Å². The molecule has 3 aromatic rings. The van der Waals surface area contributed by atoms with Crippen LogP contribution in [0.2, 0.25) is 0 Å². The van der Waals surface area contributed by atoms with Gasteiger partial charge in [-0.15, -0.1) is 0 Å². The first-order chi connectivity index (χ1) is 14.5. The molecule has 0 saturated carbocycles. The summed E-state index contributed by atoms with van der Waals surface area (Å²) in [5.74, 6) is 0.452. The van der Waals surface area contributed by atoms with Gasteiger partial charge in [0.25, 0.3) is 5.91 Å². The van der Waals surface area contributed by atoms with Gasteiger partial charge in [0.1, 0.15) is 12.4 Å². The quantitative estimate of drug-likeness (QED) is 0.596. The molecule has 0 saturated heterocycles. The van der Waals surface area contributed by atoms with Crippen LogP contribution in [-0.4, -0.2) is 21.4 Å². The zero-order chi connectivity index (χ0) is 21.1. The second-order valence-electron chi connectivity index (χ2n) is 6.77. The summed E-state index contributed by atoms with van der Waals surface area (Å²) in [4.78, 5) is 12.5. The van der Waals surface area contributed by atoms with Crippen LogP contribution in [0.1, 0.15) is 16.7 Å². The van der Waals surface area contributed by atoms with Crippen molar-refractivity contribution in [3.05, 3.63) is 89.5 Å². The summed E-state index contributed by atoms with van der Waals surface area (Å²) in [6.07, 6.45) is 1.73. The van der Waals surface area contributed by atoms with Crippen LogP contribution >= 0.6 is 0 Å². The Balaban J connectivity index is 1.57. The average molecular weight is 420 g/mol. The molecule has 3 aromatic carbocycles. The lowest BCUT2D eigenvalue weighted by atomic mass is 10.0. The van der Waals surface area contributed by atoms with Gasteiger partial charge in [0.2, 0.25) is 10.0 Å². The number of benzene rings is 3. The number of ether oxygens (including phenoxy) is 1. The van der Waals surface area contributed by atoms with Crippen LogP contribution in [0.5, 0.6) is 5.75 Å². The van der Waals surface area contributed by atoms with Gasteiger partial charge in [-0.1, -0.05) is 42.5 Å². The van der Waals surface area contributed by atoms with Gasteiger partial charge in [-0.3, -0.25) is 4.79 Å². The van der Waals surface area contributed by atoms with Gasteiger partial charge in [-0.05, 0) is 54.6 Å². The normalized spacial score (nSPS) is 14.4. The molecule has 0 bridgehead atoms. The standard InChI is InChI=1S/C23H20N2O4S/c1-24-30(27,28)19-11-12-22-20(14-19)21(23(26)25-22)13-16-7-9-18(10-8-16)29-15-17-5-3-2-4-6-17/h2-14,24H,15H2,1H3,(H,25,26). The number of nitrogens with one attached hydrogen (secondary N) is 2. The zero-order valence-corrected chi connectivity index (χ0v) is 17.1. The minimum atomic E-state index is -3.60. The molecule has 1 aliphatic rings. The molecule has 1 heterocycles. The predicted molar refractivity (Wildman–Crippen MR) is 116 cm³/mol. The van der Waals surface area contributed by atoms with Crippen molar-refractivity contribution in [2.24, 2.45) is 0 Å². The maximum Gasteiger partial charge on any atom is 0.256 e. The lowest BCUT2D eigenvalue weighted by molar-refractivity contribution is -0.110. The molecular formula is C23H20N2O4S. The highest BCUT2D eigenvalue weighted by molar-refractivity contribution is 7.89. The van der Waals surface area contributed by atoms with Gasteiger partial charge in [0.15, 0.2) is 0 Å². The van der Waals surface area contributed by atoms with Crippen LogP contribution in [0.3, 0.4) is 0 Å². The molecule has 0 radical (unpaired) electrons. The van der Waals surface area contributed by atoms with E-state index in [2.05, 4.69) is 10.0 Å². The van der Waals surface area contributed by atoms with E-state index in [0.29, 0.717) is 23.4 Å². The van der Waals surface area contributed by atoms with Gasteiger partial charge in [-0.25, -0.2) is 13.1 Å². The van der Waals surface area contributed by atoms with Crippen molar-refractivity contribution in [1.82, 2.24) is 4.72 Å². The Morgan fingerprint density at radius 2 is 1.73 bits per heavy atom. The van der Waals surface area contributed by atoms with Gasteiger partial charge >= 0.3 is 0 Å². The summed E-state index contributed by atoms with van der Waals surface area (Å²) in [5, 5.41) is 2.77. The zero-order valence-electron chi connectivity index (χ0n) is 16.3. The van der Waals surface area contributed by atoms with Crippen molar-refractivity contribution in [1.29, 1.82) is 0 Å². The predicted octanol–water partition coefficient (Wildman–Crippen LogP) is 3.67. The second kappa shape index (κ2) is 8.14. The molecule has 2 N–H and O–H groups in total. The molecule has 7 heteroatoms. The Bertz CT molecular complexity index is 1220. The van der Waals surface area contributed by atoms with Crippen molar-refractivity contribution in [3.63, 3.8) is 0 Å². The Hall–Kier alpha value is -3.42. The summed E-state index contributed by atoms with van der Waals surface area (Å²) in [7, 11) is -2.25. The molecule has 0 aliphatic carbocycles. The molecule has 30 heavy (non-hydrogen) atoms. The number of anilines is 1. The molecule has 1 amide bonds. The number of fused-ring (bicyclic) bond motifs is 1. The van der Waals surface area contributed by atoms with Crippen LogP contribution in [0.25, 0.3) is 11.6 Å². The molecule has 4 rings (SSSR count). The third-order valence-corrected chi connectivity index (χ3v) is 6.20. The number of carbonyl (C=O) groups is 1. The van der Waals surface area contributed by atoms with Gasteiger partial charge in [0.05, 0.1) is 4.90 Å². The molecule has 0 aromatic heterocycles. The van der Waals surface area contributed by atoms with Crippen LogP contribution < -0.4 is 14.8 Å². The highest BCUT2D eigenvalue weighted by Crippen LogP contribution is 2.35. The fraction of sp³-hybridized carbons (Fsp3) is 0.0870. The van der Waals surface area contributed by atoms with Gasteiger partial charge < -0.3 is 10.1 Å². The average Bonchev–Trinajstić information content (AvgIpc) is 3.08. The summed E-state index contributed by atoms with van der Waals surface area (Å²) in [6.45, 7) is 0.472. The summed E-state index contributed by atoms with van der Waals surface area (Å²) in [6, 6.07) is 21.8. The van der Waals surface area contributed by atoms with Crippen LogP contribution in [0, 0.1) is 0 Å². The Kier molecular flexibility index (Phi) is 5.39. The first kappa shape index (κ1) is 19.9. The van der Waals surface area contributed by atoms with Gasteiger partial charge in [0, 0.05) is 16.8 Å². The molecule has 6 nitrogen and oxygen atoms in total. The van der Waals surface area contributed by atoms with Crippen molar-refractivity contribution >= 4 is 33.3 Å². The largest absolute Gasteiger partial charge is 0.489 e. The highest BCUT2D eigenvalue weighted by Gasteiger charge is 2.26. The van der Waals surface area contributed by atoms with E-state index < -0.39 is 10.0 Å². The monoisotopic (exact) mass is 420 g/mol. The van der Waals surface area contributed by atoms with Gasteiger partial charge in [-0.2, -0.15) is 0 Å². The fourth-order valence-electron chi connectivity index (χ4n) is 3.16. The summed E-state index contributed by atoms with van der Waals surface area (Å²) in [5.41, 5.74) is 3.44. The van der Waals surface area contributed by atoms with E-state index in [0.717, 1.165) is 16.9 Å². The first-order valence-electron chi connectivity index (χ1n) is 9.34. The third-order valence-electron chi connectivity index (χ3n) is 4.79. The molecule has 1 aliphatic heterocycles. The molecule has 0 atom stereocenters. The first-order valence-corrected chi connectivity index (χ1v) is 10.8. The van der Waals surface area contributed by atoms with E-state index in [9.17, 15) is 13.2 Å². The Labute approximate surface area is 175 Å². The van der Waals surface area contributed by atoms with E-state index in [1.54, 1.807) is 12.1 Å². The number of hydrogen-bond donors (Lipinski definition) is 2. The van der Waals surface area contributed by atoms with Crippen LogP contribution in [-0.2, 0) is 21.4 Å². The highest BCUT2D eigenvalue weighted by atomic mass is 32.2. The number of carbonyl (C=O) groups excluding carboxylic acids is 1. The van der Waals surface area contributed by atoms with E-state index in [1.807, 2.05) is 54.6 Å². The molecule has 0 fully saturated rings. The van der Waals surface area contributed by atoms with E-state index in [4.69, 9.17) is 4.74 Å². The minimum absolute atomic E-state index is 0.107. The smallest absolute Gasteiger partial charge is 0.256 e. The molecule has 0 unspecified atom stereocenters. The third kappa shape index (κ3) is 4.12. The fourth-order valence-corrected chi connectivity index (χ4v) is 3.92. The number of hydrogen-bond acceptors (Lipinski definition) is 4. The second-order valence-corrected chi connectivity index (χ2v) is 8.66. The van der Waals surface area contributed by atoms with E-state index in [1.165, 1.54) is 19.2 Å². The number of sulfonamides is 1. The molecular weight excluding hydrogens is 400 g/mol. The molecule has 152 valence electrons. The van der Waals surface area contributed by atoms with E-state index in [-0.39, 0.29) is 10.8 Å². The van der Waals surface area contributed by atoms with Crippen molar-refractivity contribution in [2.75, 3.05) is 12.4 Å². The minimum Gasteiger partial charge on any atom is -0.489 e.